The van der Waals surface area contributed by atoms with E-state index >= 15 is 0 Å². The van der Waals surface area contributed by atoms with E-state index in [2.05, 4.69) is 11.8 Å². The van der Waals surface area contributed by atoms with Crippen molar-refractivity contribution in [2.24, 2.45) is 0 Å². The Kier molecular flexibility index (Phi) is 6.36. The Labute approximate surface area is 152 Å². The molecule has 2 fully saturated rings. The molecule has 0 amide bonds. The molecule has 0 bridgehead atoms. The van der Waals surface area contributed by atoms with Gasteiger partial charge in [-0.05, 0) is 62.9 Å². The highest BCUT2D eigenvalue weighted by atomic mass is 32.2. The molecule has 3 rings (SSSR count). The lowest BCUT2D eigenvalue weighted by molar-refractivity contribution is 0.186. The molecule has 0 radical (unpaired) electrons. The maximum absolute atomic E-state index is 12.8. The van der Waals surface area contributed by atoms with Crippen LogP contribution in [0.5, 0.6) is 5.75 Å². The molecule has 1 aliphatic heterocycles. The third-order valence-corrected chi connectivity index (χ3v) is 7.14. The van der Waals surface area contributed by atoms with Crippen LogP contribution in [0, 0.1) is 0 Å². The Morgan fingerprint density at radius 2 is 1.68 bits per heavy atom. The zero-order valence-electron chi connectivity index (χ0n) is 15.2. The highest BCUT2D eigenvalue weighted by Gasteiger charge is 2.28. The minimum atomic E-state index is -3.40. The molecule has 2 aliphatic rings. The predicted octanol–water partition coefficient (Wildman–Crippen LogP) is 3.11. The van der Waals surface area contributed by atoms with Crippen LogP contribution < -0.4 is 4.74 Å². The van der Waals surface area contributed by atoms with Crippen molar-refractivity contribution in [3.8, 4) is 5.75 Å². The summed E-state index contributed by atoms with van der Waals surface area (Å²) in [4.78, 5) is 2.72. The van der Waals surface area contributed by atoms with Crippen molar-refractivity contribution in [1.29, 1.82) is 0 Å². The average Bonchev–Trinajstić information content (AvgIpc) is 3.14. The maximum atomic E-state index is 12.8. The summed E-state index contributed by atoms with van der Waals surface area (Å²) in [5.41, 5.74) is 0. The van der Waals surface area contributed by atoms with Gasteiger partial charge in [0.15, 0.2) is 0 Å². The second kappa shape index (κ2) is 8.52. The number of unbranched alkanes of at least 4 members (excludes halogenated alkanes) is 1. The smallest absolute Gasteiger partial charge is 0.243 e. The summed E-state index contributed by atoms with van der Waals surface area (Å²) in [6, 6.07) is 6.96. The van der Waals surface area contributed by atoms with Crippen molar-refractivity contribution in [2.75, 3.05) is 32.7 Å². The van der Waals surface area contributed by atoms with Gasteiger partial charge < -0.3 is 9.64 Å². The highest BCUT2D eigenvalue weighted by Crippen LogP contribution is 2.26. The Balaban J connectivity index is 1.58. The van der Waals surface area contributed by atoms with E-state index in [1.165, 1.54) is 25.7 Å². The molecular formula is C19H30N2O3S. The van der Waals surface area contributed by atoms with Crippen molar-refractivity contribution >= 4 is 10.0 Å². The Morgan fingerprint density at radius 1 is 1.04 bits per heavy atom. The number of hydrogen-bond donors (Lipinski definition) is 0. The van der Waals surface area contributed by atoms with Gasteiger partial charge in [-0.1, -0.05) is 13.3 Å². The summed E-state index contributed by atoms with van der Waals surface area (Å²) >= 11 is 0. The van der Waals surface area contributed by atoms with E-state index in [0.717, 1.165) is 38.2 Å². The van der Waals surface area contributed by atoms with Gasteiger partial charge in [0.1, 0.15) is 5.75 Å². The quantitative estimate of drug-likeness (QED) is 0.744. The first-order valence-corrected chi connectivity index (χ1v) is 11.0. The van der Waals surface area contributed by atoms with E-state index in [9.17, 15) is 8.42 Å². The van der Waals surface area contributed by atoms with Crippen LogP contribution >= 0.6 is 0 Å². The molecule has 0 aromatic heterocycles. The molecule has 1 aliphatic carbocycles. The molecule has 25 heavy (non-hydrogen) atoms. The van der Waals surface area contributed by atoms with Crippen molar-refractivity contribution in [3.63, 3.8) is 0 Å². The molecule has 0 spiro atoms. The summed E-state index contributed by atoms with van der Waals surface area (Å²) in [5, 5.41) is 0. The van der Waals surface area contributed by atoms with Crippen LogP contribution in [0.25, 0.3) is 0 Å². The van der Waals surface area contributed by atoms with E-state index in [1.54, 1.807) is 28.6 Å². The van der Waals surface area contributed by atoms with Crippen LogP contribution in [0.3, 0.4) is 0 Å². The Morgan fingerprint density at radius 3 is 2.28 bits per heavy atom. The minimum absolute atomic E-state index is 0.290. The standard InChI is InChI=1S/C19H30N2O3S/c1-2-3-12-20-13-15-21(16-14-20)25(22,23)19-10-8-18(9-11-19)24-17-6-4-5-7-17/h8-11,17H,2-7,12-16H2,1H3. The molecular weight excluding hydrogens is 336 g/mol. The van der Waals surface area contributed by atoms with Crippen LogP contribution in [-0.4, -0.2) is 56.5 Å². The van der Waals surface area contributed by atoms with Crippen LogP contribution in [0.15, 0.2) is 29.2 Å². The van der Waals surface area contributed by atoms with Gasteiger partial charge in [0.05, 0.1) is 11.0 Å². The van der Waals surface area contributed by atoms with E-state index in [1.807, 2.05) is 0 Å². The average molecular weight is 367 g/mol. The molecule has 1 saturated carbocycles. The van der Waals surface area contributed by atoms with E-state index < -0.39 is 10.0 Å². The lowest BCUT2D eigenvalue weighted by Gasteiger charge is -2.33. The van der Waals surface area contributed by atoms with Crippen molar-refractivity contribution in [1.82, 2.24) is 9.21 Å². The number of sulfonamides is 1. The molecule has 1 aromatic rings. The summed E-state index contributed by atoms with van der Waals surface area (Å²) in [7, 11) is -3.40. The van der Waals surface area contributed by atoms with Crippen molar-refractivity contribution in [3.05, 3.63) is 24.3 Å². The number of rotatable bonds is 7. The fourth-order valence-electron chi connectivity index (χ4n) is 3.61. The molecule has 0 atom stereocenters. The monoisotopic (exact) mass is 366 g/mol. The SMILES string of the molecule is CCCCN1CCN(S(=O)(=O)c2ccc(OC3CCCC3)cc2)CC1. The number of hydrogen-bond acceptors (Lipinski definition) is 4. The number of piperazine rings is 1. The first kappa shape index (κ1) is 18.7. The van der Waals surface area contributed by atoms with Gasteiger partial charge in [-0.15, -0.1) is 0 Å². The molecule has 0 unspecified atom stereocenters. The molecule has 6 heteroatoms. The van der Waals surface area contributed by atoms with Crippen molar-refractivity contribution < 1.29 is 13.2 Å². The topological polar surface area (TPSA) is 49.9 Å². The Bertz CT molecular complexity index is 631. The van der Waals surface area contributed by atoms with Crippen LogP contribution in [0.2, 0.25) is 0 Å². The van der Waals surface area contributed by atoms with E-state index in [4.69, 9.17) is 4.74 Å². The first-order chi connectivity index (χ1) is 12.1. The van der Waals surface area contributed by atoms with Gasteiger partial charge in [0.2, 0.25) is 10.0 Å². The highest BCUT2D eigenvalue weighted by molar-refractivity contribution is 7.89. The summed E-state index contributed by atoms with van der Waals surface area (Å²) in [6.07, 6.45) is 7.29. The zero-order chi connectivity index (χ0) is 17.7. The molecule has 140 valence electrons. The number of ether oxygens (including phenoxy) is 1. The van der Waals surface area contributed by atoms with Gasteiger partial charge in [0.25, 0.3) is 0 Å². The van der Waals surface area contributed by atoms with Crippen molar-refractivity contribution in [2.45, 2.75) is 56.4 Å². The Hall–Kier alpha value is -1.11. The van der Waals surface area contributed by atoms with Crippen LogP contribution in [0.4, 0.5) is 0 Å². The molecule has 5 nitrogen and oxygen atoms in total. The fourth-order valence-corrected chi connectivity index (χ4v) is 5.04. The zero-order valence-corrected chi connectivity index (χ0v) is 16.0. The first-order valence-electron chi connectivity index (χ1n) is 9.59. The van der Waals surface area contributed by atoms with Gasteiger partial charge in [-0.3, -0.25) is 0 Å². The summed E-state index contributed by atoms with van der Waals surface area (Å²) < 4.78 is 33.2. The number of nitrogens with zero attached hydrogens (tertiary/aromatic N) is 2. The van der Waals surface area contributed by atoms with Gasteiger partial charge in [0, 0.05) is 26.2 Å². The maximum Gasteiger partial charge on any atom is 0.243 e. The molecule has 0 N–H and O–H groups in total. The van der Waals surface area contributed by atoms with Gasteiger partial charge >= 0.3 is 0 Å². The third kappa shape index (κ3) is 4.74. The lowest BCUT2D eigenvalue weighted by Crippen LogP contribution is -2.48. The lowest BCUT2D eigenvalue weighted by atomic mass is 10.3. The van der Waals surface area contributed by atoms with E-state index in [0.29, 0.717) is 24.1 Å². The molecule has 1 saturated heterocycles. The predicted molar refractivity (Wildman–Crippen MR) is 99.4 cm³/mol. The molecule has 1 heterocycles. The second-order valence-electron chi connectivity index (χ2n) is 7.10. The number of benzene rings is 1. The van der Waals surface area contributed by atoms with E-state index in [-0.39, 0.29) is 0 Å². The minimum Gasteiger partial charge on any atom is -0.490 e. The third-order valence-electron chi connectivity index (χ3n) is 5.23. The van der Waals surface area contributed by atoms with Gasteiger partial charge in [-0.25, -0.2) is 8.42 Å². The fraction of sp³-hybridized carbons (Fsp3) is 0.684. The second-order valence-corrected chi connectivity index (χ2v) is 9.03. The van der Waals surface area contributed by atoms with Crippen LogP contribution in [0.1, 0.15) is 45.4 Å². The largest absolute Gasteiger partial charge is 0.490 e. The summed E-state index contributed by atoms with van der Waals surface area (Å²) in [6.45, 7) is 6.04. The molecule has 1 aromatic carbocycles. The van der Waals surface area contributed by atoms with Gasteiger partial charge in [-0.2, -0.15) is 4.31 Å². The summed E-state index contributed by atoms with van der Waals surface area (Å²) in [5.74, 6) is 0.773. The van der Waals surface area contributed by atoms with Crippen LogP contribution in [-0.2, 0) is 10.0 Å². The normalized spacial score (nSPS) is 20.8.